The van der Waals surface area contributed by atoms with Gasteiger partial charge in [-0.1, -0.05) is 0 Å². The maximum atomic E-state index is 10.3. The van der Waals surface area contributed by atoms with Crippen molar-refractivity contribution in [1.29, 1.82) is 0 Å². The van der Waals surface area contributed by atoms with E-state index in [0.29, 0.717) is 0 Å². The number of anilines is 1. The van der Waals surface area contributed by atoms with E-state index in [1.165, 1.54) is 6.92 Å². The topological polar surface area (TPSA) is 167 Å². The zero-order chi connectivity index (χ0) is 15.9. The van der Waals surface area contributed by atoms with E-state index in [1.54, 1.807) is 0 Å². The highest BCUT2D eigenvalue weighted by Crippen LogP contribution is 2.25. The first kappa shape index (κ1) is 17.0. The summed E-state index contributed by atoms with van der Waals surface area (Å²) in [5.74, 6) is -1.37. The van der Waals surface area contributed by atoms with Crippen molar-refractivity contribution in [2.45, 2.75) is 13.3 Å². The third kappa shape index (κ3) is 6.05. The Kier molecular flexibility index (Phi) is 6.28. The van der Waals surface area contributed by atoms with Gasteiger partial charge in [0.2, 0.25) is 0 Å². The van der Waals surface area contributed by atoms with Crippen molar-refractivity contribution in [2.75, 3.05) is 5.73 Å². The number of carboxylic acid groups (broad SMARTS) is 1. The standard InChI is InChI=1S/C6H5N3O4.C4H6O3/c7-5-2-1-4(8(10)11)3-6(5)9(12)13;1-3(5)2-4(6)7/h1-3H,7H2;2H2,1H3,(H,6,7). The molecule has 3 N–H and O–H groups in total. The molecule has 0 aliphatic carbocycles. The Bertz CT molecular complexity index is 544. The summed E-state index contributed by atoms with van der Waals surface area (Å²) in [5.41, 5.74) is 4.34. The van der Waals surface area contributed by atoms with Gasteiger partial charge >= 0.3 is 5.97 Å². The van der Waals surface area contributed by atoms with Gasteiger partial charge in [0.1, 0.15) is 17.9 Å². The molecule has 1 aromatic carbocycles. The monoisotopic (exact) mass is 285 g/mol. The van der Waals surface area contributed by atoms with Crippen LogP contribution in [0.25, 0.3) is 0 Å². The van der Waals surface area contributed by atoms with Crippen LogP contribution >= 0.6 is 0 Å². The van der Waals surface area contributed by atoms with E-state index in [2.05, 4.69) is 0 Å². The van der Waals surface area contributed by atoms with Crippen LogP contribution in [0.4, 0.5) is 17.1 Å². The molecule has 0 unspecified atom stereocenters. The summed E-state index contributed by atoms with van der Waals surface area (Å²) in [5, 5.41) is 28.4. The number of hydrogen-bond donors (Lipinski definition) is 2. The van der Waals surface area contributed by atoms with Crippen molar-refractivity contribution >= 4 is 28.8 Å². The third-order valence-corrected chi connectivity index (χ3v) is 1.82. The second-order valence-corrected chi connectivity index (χ2v) is 3.53. The predicted octanol–water partition coefficient (Wildman–Crippen LogP) is 1.14. The summed E-state index contributed by atoms with van der Waals surface area (Å²) < 4.78 is 0. The molecule has 0 radical (unpaired) electrons. The molecule has 0 spiro atoms. The van der Waals surface area contributed by atoms with Gasteiger partial charge in [0.05, 0.1) is 15.9 Å². The first-order valence-corrected chi connectivity index (χ1v) is 5.04. The zero-order valence-electron chi connectivity index (χ0n) is 10.3. The van der Waals surface area contributed by atoms with Crippen LogP contribution < -0.4 is 5.73 Å². The van der Waals surface area contributed by atoms with Crippen LogP contribution in [0.2, 0.25) is 0 Å². The lowest BCUT2D eigenvalue weighted by Crippen LogP contribution is -2.00. The zero-order valence-corrected chi connectivity index (χ0v) is 10.3. The van der Waals surface area contributed by atoms with Crippen molar-refractivity contribution < 1.29 is 24.5 Å². The number of ketones is 1. The average Bonchev–Trinajstić information content (AvgIpc) is 2.27. The lowest BCUT2D eigenvalue weighted by atomic mass is 10.2. The van der Waals surface area contributed by atoms with Gasteiger partial charge in [0.15, 0.2) is 0 Å². The number of Topliss-reactive ketones (excluding diaryl/α,β-unsaturated/α-hetero) is 1. The lowest BCUT2D eigenvalue weighted by Gasteiger charge is -1.95. The lowest BCUT2D eigenvalue weighted by molar-refractivity contribution is -0.393. The molecule has 0 atom stereocenters. The van der Waals surface area contributed by atoms with Gasteiger partial charge < -0.3 is 10.8 Å². The molecule has 0 heterocycles. The minimum atomic E-state index is -1.06. The number of nitro groups is 2. The summed E-state index contributed by atoms with van der Waals surface area (Å²) in [6, 6.07) is 3.08. The average molecular weight is 285 g/mol. The Morgan fingerprint density at radius 2 is 1.80 bits per heavy atom. The summed E-state index contributed by atoms with van der Waals surface area (Å²) in [6.45, 7) is 1.24. The van der Waals surface area contributed by atoms with E-state index >= 15 is 0 Å². The number of nitro benzene ring substituents is 2. The SMILES string of the molecule is CC(=O)CC(=O)O.Nc1ccc([N+](=O)[O-])cc1[N+](=O)[O-]. The predicted molar refractivity (Wildman–Crippen MR) is 67.1 cm³/mol. The number of benzene rings is 1. The van der Waals surface area contributed by atoms with Gasteiger partial charge in [-0.3, -0.25) is 29.8 Å². The number of nitrogen functional groups attached to an aromatic ring is 1. The number of non-ortho nitro benzene ring substituents is 1. The van der Waals surface area contributed by atoms with E-state index in [-0.39, 0.29) is 23.6 Å². The maximum absolute atomic E-state index is 10.3. The fourth-order valence-corrected chi connectivity index (χ4v) is 1.02. The molecule has 0 aliphatic rings. The van der Waals surface area contributed by atoms with E-state index in [0.717, 1.165) is 18.2 Å². The van der Waals surface area contributed by atoms with Crippen LogP contribution in [0.1, 0.15) is 13.3 Å². The molecule has 0 bridgehead atoms. The van der Waals surface area contributed by atoms with Crippen LogP contribution in [0.5, 0.6) is 0 Å². The van der Waals surface area contributed by atoms with Gasteiger partial charge in [-0.05, 0) is 13.0 Å². The molecule has 1 aromatic rings. The number of carbonyl (C=O) groups is 2. The number of aliphatic carboxylic acids is 1. The van der Waals surface area contributed by atoms with E-state index in [9.17, 15) is 29.8 Å². The molecular weight excluding hydrogens is 274 g/mol. The van der Waals surface area contributed by atoms with Gasteiger partial charge in [0, 0.05) is 6.07 Å². The molecule has 20 heavy (non-hydrogen) atoms. The molecule has 0 saturated heterocycles. The summed E-state index contributed by atoms with van der Waals surface area (Å²) >= 11 is 0. The molecule has 10 nitrogen and oxygen atoms in total. The number of nitrogens with zero attached hydrogens (tertiary/aromatic N) is 2. The van der Waals surface area contributed by atoms with E-state index in [1.807, 2.05) is 0 Å². The molecule has 10 heteroatoms. The van der Waals surface area contributed by atoms with Crippen LogP contribution in [-0.4, -0.2) is 26.7 Å². The number of carboxylic acids is 1. The second-order valence-electron chi connectivity index (χ2n) is 3.53. The third-order valence-electron chi connectivity index (χ3n) is 1.82. The van der Waals surface area contributed by atoms with Crippen LogP contribution in [0.15, 0.2) is 18.2 Å². The normalized spacial score (nSPS) is 9.05. The Balaban J connectivity index is 0.000000441. The summed E-state index contributed by atoms with van der Waals surface area (Å²) in [6.07, 6.45) is -0.361. The minimum Gasteiger partial charge on any atom is -0.481 e. The quantitative estimate of drug-likeness (QED) is 0.359. The first-order chi connectivity index (χ1) is 9.15. The molecule has 0 aliphatic heterocycles. The summed E-state index contributed by atoms with van der Waals surface area (Å²) in [4.78, 5) is 38.5. The Morgan fingerprint density at radius 1 is 1.25 bits per heavy atom. The smallest absolute Gasteiger partial charge is 0.310 e. The minimum absolute atomic E-state index is 0.0874. The molecule has 0 amide bonds. The van der Waals surface area contributed by atoms with Gasteiger partial charge in [-0.2, -0.15) is 0 Å². The van der Waals surface area contributed by atoms with Crippen molar-refractivity contribution in [3.8, 4) is 0 Å². The van der Waals surface area contributed by atoms with Gasteiger partial charge in [0.25, 0.3) is 11.4 Å². The highest BCUT2D eigenvalue weighted by molar-refractivity contribution is 5.93. The Labute approximate surface area is 112 Å². The fraction of sp³-hybridized carbons (Fsp3) is 0.200. The maximum Gasteiger partial charge on any atom is 0.310 e. The fourth-order valence-electron chi connectivity index (χ4n) is 1.02. The summed E-state index contributed by atoms with van der Waals surface area (Å²) in [7, 11) is 0. The first-order valence-electron chi connectivity index (χ1n) is 5.04. The highest BCUT2D eigenvalue weighted by Gasteiger charge is 2.16. The van der Waals surface area contributed by atoms with Crippen molar-refractivity contribution in [1.82, 2.24) is 0 Å². The van der Waals surface area contributed by atoms with Crippen LogP contribution in [0.3, 0.4) is 0 Å². The van der Waals surface area contributed by atoms with E-state index < -0.39 is 21.5 Å². The van der Waals surface area contributed by atoms with Crippen molar-refractivity contribution in [3.05, 3.63) is 38.4 Å². The van der Waals surface area contributed by atoms with Crippen molar-refractivity contribution in [2.24, 2.45) is 0 Å². The molecule has 108 valence electrons. The van der Waals surface area contributed by atoms with Gasteiger partial charge in [-0.15, -0.1) is 0 Å². The Hall–Kier alpha value is -3.04. The molecule has 0 fully saturated rings. The molecule has 0 saturated carbocycles. The molecular formula is C10H11N3O7. The van der Waals surface area contributed by atoms with E-state index in [4.69, 9.17) is 10.8 Å². The molecule has 1 rings (SSSR count). The Morgan fingerprint density at radius 3 is 2.10 bits per heavy atom. The number of rotatable bonds is 4. The number of hydrogen-bond acceptors (Lipinski definition) is 7. The van der Waals surface area contributed by atoms with Crippen molar-refractivity contribution in [3.63, 3.8) is 0 Å². The van der Waals surface area contributed by atoms with Crippen LogP contribution in [0, 0.1) is 20.2 Å². The number of nitrogens with two attached hydrogens (primary N) is 1. The van der Waals surface area contributed by atoms with Gasteiger partial charge in [-0.25, -0.2) is 0 Å². The highest BCUT2D eigenvalue weighted by atomic mass is 16.6. The molecule has 0 aromatic heterocycles. The second kappa shape index (κ2) is 7.41. The number of carbonyl (C=O) groups excluding carboxylic acids is 1. The largest absolute Gasteiger partial charge is 0.481 e. The van der Waals surface area contributed by atoms with Crippen LogP contribution in [-0.2, 0) is 9.59 Å².